The summed E-state index contributed by atoms with van der Waals surface area (Å²) in [4.78, 5) is 11.4. The summed E-state index contributed by atoms with van der Waals surface area (Å²) in [7, 11) is -3.74. The fourth-order valence-corrected chi connectivity index (χ4v) is 5.98. The quantitative estimate of drug-likeness (QED) is 0.878. The molecule has 1 unspecified atom stereocenters. The SMILES string of the molecule is O=C(O)C1CN(S(=O)(=O)c2ccc(Br)s2)c2ccccc21. The van der Waals surface area contributed by atoms with Crippen molar-refractivity contribution in [3.8, 4) is 0 Å². The third-order valence-corrected chi connectivity index (χ3v) is 7.19. The second-order valence-electron chi connectivity index (χ2n) is 4.54. The van der Waals surface area contributed by atoms with E-state index in [1.165, 1.54) is 10.4 Å². The minimum Gasteiger partial charge on any atom is -0.481 e. The van der Waals surface area contributed by atoms with Crippen molar-refractivity contribution in [1.29, 1.82) is 0 Å². The third-order valence-electron chi connectivity index (χ3n) is 3.32. The topological polar surface area (TPSA) is 74.7 Å². The van der Waals surface area contributed by atoms with E-state index in [1.54, 1.807) is 30.3 Å². The lowest BCUT2D eigenvalue weighted by molar-refractivity contribution is -0.138. The lowest BCUT2D eigenvalue weighted by atomic mass is 10.0. The summed E-state index contributed by atoms with van der Waals surface area (Å²) in [5.41, 5.74) is 0.971. The Balaban J connectivity index is 2.10. The third kappa shape index (κ3) is 2.37. The zero-order valence-electron chi connectivity index (χ0n) is 10.6. The predicted octanol–water partition coefficient (Wildman–Crippen LogP) is 2.89. The largest absolute Gasteiger partial charge is 0.481 e. The fourth-order valence-electron chi connectivity index (χ4n) is 2.36. The minimum absolute atomic E-state index is 0.0769. The van der Waals surface area contributed by atoms with Gasteiger partial charge in [0, 0.05) is 0 Å². The average Bonchev–Trinajstić information content (AvgIpc) is 3.02. The first-order valence-electron chi connectivity index (χ1n) is 6.01. The fraction of sp³-hybridized carbons (Fsp3) is 0.154. The van der Waals surface area contributed by atoms with Crippen molar-refractivity contribution in [2.24, 2.45) is 0 Å². The summed E-state index contributed by atoms with van der Waals surface area (Å²) in [5, 5.41) is 9.29. The molecule has 0 spiro atoms. The molecule has 1 aromatic heterocycles. The number of carbonyl (C=O) groups is 1. The second kappa shape index (κ2) is 5.11. The van der Waals surface area contributed by atoms with Crippen LogP contribution >= 0.6 is 27.3 Å². The Morgan fingerprint density at radius 1 is 1.29 bits per heavy atom. The van der Waals surface area contributed by atoms with E-state index in [-0.39, 0.29) is 10.8 Å². The van der Waals surface area contributed by atoms with Crippen molar-refractivity contribution >= 4 is 48.9 Å². The number of carboxylic acids is 1. The van der Waals surface area contributed by atoms with Crippen LogP contribution in [0.3, 0.4) is 0 Å². The van der Waals surface area contributed by atoms with Crippen LogP contribution in [-0.4, -0.2) is 26.0 Å². The van der Waals surface area contributed by atoms with Gasteiger partial charge < -0.3 is 5.11 Å². The van der Waals surface area contributed by atoms with Gasteiger partial charge in [-0.2, -0.15) is 0 Å². The molecule has 2 aromatic rings. The van der Waals surface area contributed by atoms with E-state index in [1.807, 2.05) is 0 Å². The van der Waals surface area contributed by atoms with Crippen molar-refractivity contribution in [2.45, 2.75) is 10.1 Å². The Kier molecular flexibility index (Phi) is 3.54. The van der Waals surface area contributed by atoms with Crippen LogP contribution in [0.5, 0.6) is 0 Å². The highest BCUT2D eigenvalue weighted by Crippen LogP contribution is 2.41. The molecule has 0 amide bonds. The highest BCUT2D eigenvalue weighted by molar-refractivity contribution is 9.11. The first-order valence-corrected chi connectivity index (χ1v) is 9.06. The van der Waals surface area contributed by atoms with Crippen LogP contribution in [0.1, 0.15) is 11.5 Å². The number of thiophene rings is 1. The van der Waals surface area contributed by atoms with E-state index in [2.05, 4.69) is 15.9 Å². The monoisotopic (exact) mass is 387 g/mol. The summed E-state index contributed by atoms with van der Waals surface area (Å²) in [6.07, 6.45) is 0. The molecular formula is C13H10BrNO4S2. The van der Waals surface area contributed by atoms with Crippen LogP contribution in [0.2, 0.25) is 0 Å². The molecule has 1 atom stereocenters. The normalized spacial score (nSPS) is 17.8. The highest BCUT2D eigenvalue weighted by Gasteiger charge is 2.40. The van der Waals surface area contributed by atoms with Crippen molar-refractivity contribution in [3.05, 3.63) is 45.7 Å². The van der Waals surface area contributed by atoms with Gasteiger partial charge in [-0.3, -0.25) is 9.10 Å². The highest BCUT2D eigenvalue weighted by atomic mass is 79.9. The Hall–Kier alpha value is -1.38. The Morgan fingerprint density at radius 3 is 2.62 bits per heavy atom. The van der Waals surface area contributed by atoms with E-state index >= 15 is 0 Å². The maximum Gasteiger partial charge on any atom is 0.312 e. The molecule has 2 heterocycles. The van der Waals surface area contributed by atoms with E-state index in [0.29, 0.717) is 15.0 Å². The number of para-hydroxylation sites is 1. The number of carboxylic acid groups (broad SMARTS) is 1. The molecule has 1 N–H and O–H groups in total. The average molecular weight is 388 g/mol. The maximum absolute atomic E-state index is 12.7. The number of hydrogen-bond acceptors (Lipinski definition) is 4. The maximum atomic E-state index is 12.7. The molecule has 8 heteroatoms. The summed E-state index contributed by atoms with van der Waals surface area (Å²) in [5.74, 6) is -1.85. The zero-order chi connectivity index (χ0) is 15.2. The number of halogens is 1. The molecule has 1 aliphatic rings. The molecule has 5 nitrogen and oxygen atoms in total. The van der Waals surface area contributed by atoms with Gasteiger partial charge in [0.2, 0.25) is 0 Å². The van der Waals surface area contributed by atoms with Gasteiger partial charge in [-0.15, -0.1) is 11.3 Å². The van der Waals surface area contributed by atoms with Crippen molar-refractivity contribution in [1.82, 2.24) is 0 Å². The van der Waals surface area contributed by atoms with Gasteiger partial charge >= 0.3 is 5.97 Å². The molecule has 0 saturated heterocycles. The smallest absolute Gasteiger partial charge is 0.312 e. The number of anilines is 1. The van der Waals surface area contributed by atoms with Crippen LogP contribution in [0, 0.1) is 0 Å². The number of nitrogens with zero attached hydrogens (tertiary/aromatic N) is 1. The summed E-state index contributed by atoms with van der Waals surface area (Å²) < 4.78 is 27.5. The molecule has 1 aromatic carbocycles. The lowest BCUT2D eigenvalue weighted by Crippen LogP contribution is -2.30. The second-order valence-corrected chi connectivity index (χ2v) is 9.10. The first-order chi connectivity index (χ1) is 9.91. The van der Waals surface area contributed by atoms with Gasteiger partial charge in [-0.25, -0.2) is 8.42 Å². The molecule has 0 aliphatic carbocycles. The standard InChI is InChI=1S/C13H10BrNO4S2/c14-11-5-6-12(20-11)21(18,19)15-7-9(13(16)17)8-3-1-2-4-10(8)15/h1-6,9H,7H2,(H,16,17). The van der Waals surface area contributed by atoms with Crippen LogP contribution in [0.25, 0.3) is 0 Å². The van der Waals surface area contributed by atoms with Crippen LogP contribution in [-0.2, 0) is 14.8 Å². The number of hydrogen-bond donors (Lipinski definition) is 1. The van der Waals surface area contributed by atoms with Gasteiger partial charge in [-0.1, -0.05) is 18.2 Å². The summed E-state index contributed by atoms with van der Waals surface area (Å²) in [6.45, 7) is -0.0769. The van der Waals surface area contributed by atoms with Crippen molar-refractivity contribution < 1.29 is 18.3 Å². The van der Waals surface area contributed by atoms with Gasteiger partial charge in [-0.05, 0) is 39.7 Å². The Labute approximate surface area is 134 Å². The molecular weight excluding hydrogens is 378 g/mol. The van der Waals surface area contributed by atoms with Crippen LogP contribution in [0.4, 0.5) is 5.69 Å². The van der Waals surface area contributed by atoms with Gasteiger partial charge in [0.15, 0.2) is 0 Å². The number of aliphatic carboxylic acids is 1. The molecule has 0 saturated carbocycles. The van der Waals surface area contributed by atoms with E-state index in [0.717, 1.165) is 11.3 Å². The van der Waals surface area contributed by atoms with E-state index < -0.39 is 21.9 Å². The van der Waals surface area contributed by atoms with Crippen molar-refractivity contribution in [3.63, 3.8) is 0 Å². The molecule has 110 valence electrons. The van der Waals surface area contributed by atoms with Crippen LogP contribution in [0.15, 0.2) is 44.4 Å². The van der Waals surface area contributed by atoms with E-state index in [9.17, 15) is 18.3 Å². The molecule has 0 bridgehead atoms. The first kappa shape index (κ1) is 14.6. The molecule has 3 rings (SSSR count). The molecule has 0 fully saturated rings. The minimum atomic E-state index is -3.74. The predicted molar refractivity (Wildman–Crippen MR) is 83.4 cm³/mol. The van der Waals surface area contributed by atoms with Crippen LogP contribution < -0.4 is 4.31 Å². The van der Waals surface area contributed by atoms with Gasteiger partial charge in [0.05, 0.1) is 16.0 Å². The number of fused-ring (bicyclic) bond motifs is 1. The Bertz CT molecular complexity index is 815. The van der Waals surface area contributed by atoms with Crippen molar-refractivity contribution in [2.75, 3.05) is 10.8 Å². The summed E-state index contributed by atoms with van der Waals surface area (Å²) >= 11 is 4.35. The zero-order valence-corrected chi connectivity index (χ0v) is 13.8. The molecule has 0 radical (unpaired) electrons. The number of sulfonamides is 1. The number of benzene rings is 1. The lowest BCUT2D eigenvalue weighted by Gasteiger charge is -2.18. The van der Waals surface area contributed by atoms with Gasteiger partial charge in [0.25, 0.3) is 10.0 Å². The van der Waals surface area contributed by atoms with E-state index in [4.69, 9.17) is 0 Å². The molecule has 21 heavy (non-hydrogen) atoms. The van der Waals surface area contributed by atoms with Gasteiger partial charge in [0.1, 0.15) is 10.1 Å². The Morgan fingerprint density at radius 2 is 2.00 bits per heavy atom. The summed E-state index contributed by atoms with van der Waals surface area (Å²) in [6, 6.07) is 9.89. The molecule has 1 aliphatic heterocycles. The number of rotatable bonds is 3.